The molecule has 0 unspecified atom stereocenters. The third-order valence-electron chi connectivity index (χ3n) is 6.79. The average molecular weight is 429 g/mol. The molecule has 3 heterocycles. The smallest absolute Gasteiger partial charge is 0.317 e. The van der Waals surface area contributed by atoms with Gasteiger partial charge in [-0.1, -0.05) is 25.7 Å². The predicted molar refractivity (Wildman–Crippen MR) is 107 cm³/mol. The third kappa shape index (κ3) is 3.86. The number of likely N-dealkylation sites (tertiary alicyclic amines) is 1. The summed E-state index contributed by atoms with van der Waals surface area (Å²) in [6.07, 6.45) is 6.82. The van der Waals surface area contributed by atoms with Gasteiger partial charge in [-0.3, -0.25) is 4.79 Å². The topological polar surface area (TPSA) is 99.3 Å². The van der Waals surface area contributed by atoms with Crippen molar-refractivity contribution in [2.24, 2.45) is 0 Å². The van der Waals surface area contributed by atoms with Crippen LogP contribution in [-0.2, 0) is 19.6 Å². The monoisotopic (exact) mass is 428 g/mol. The van der Waals surface area contributed by atoms with E-state index in [4.69, 9.17) is 4.74 Å². The number of sulfonamides is 1. The van der Waals surface area contributed by atoms with Crippen LogP contribution >= 0.6 is 0 Å². The number of carbonyl (C=O) groups is 2. The summed E-state index contributed by atoms with van der Waals surface area (Å²) in [7, 11) is -0.419. The molecule has 0 radical (unpaired) electrons. The lowest BCUT2D eigenvalue weighted by atomic mass is 9.99. The number of morpholine rings is 1. The van der Waals surface area contributed by atoms with Crippen molar-refractivity contribution < 1.29 is 22.7 Å². The van der Waals surface area contributed by atoms with E-state index in [1.54, 1.807) is 19.0 Å². The van der Waals surface area contributed by atoms with Crippen LogP contribution in [0.2, 0.25) is 0 Å². The number of rotatable bonds is 3. The highest BCUT2D eigenvalue weighted by Gasteiger charge is 2.65. The maximum Gasteiger partial charge on any atom is 0.317 e. The van der Waals surface area contributed by atoms with Crippen molar-refractivity contribution in [1.29, 1.82) is 0 Å². The molecule has 1 N–H and O–H groups in total. The standard InChI is InChI=1S/C19H32N4O5S/c1-21(2)17(24)11-23-13-19-12-22(10-15(28-19)9-16(19)29(23,26)27)18(25)20-14-7-5-3-4-6-8-14/h14-16H,3-13H2,1-2H3,(H,20,25)/t15-,16+,19+/m1/s1. The van der Waals surface area contributed by atoms with Crippen LogP contribution in [0.25, 0.3) is 0 Å². The minimum atomic E-state index is -3.64. The molecule has 29 heavy (non-hydrogen) atoms. The van der Waals surface area contributed by atoms with Gasteiger partial charge in [-0.05, 0) is 19.3 Å². The Morgan fingerprint density at radius 2 is 1.83 bits per heavy atom. The number of amides is 3. The van der Waals surface area contributed by atoms with Crippen LogP contribution in [0.3, 0.4) is 0 Å². The van der Waals surface area contributed by atoms with Gasteiger partial charge in [0.2, 0.25) is 15.9 Å². The Morgan fingerprint density at radius 3 is 2.48 bits per heavy atom. The second-order valence-corrected chi connectivity index (χ2v) is 11.3. The predicted octanol–water partition coefficient (Wildman–Crippen LogP) is 0.364. The molecule has 1 aliphatic carbocycles. The molecule has 4 fully saturated rings. The molecule has 10 heteroatoms. The van der Waals surface area contributed by atoms with Crippen molar-refractivity contribution in [3.63, 3.8) is 0 Å². The molecule has 2 bridgehead atoms. The number of carbonyl (C=O) groups excluding carboxylic acids is 2. The number of fused-ring (bicyclic) bond motifs is 1. The first kappa shape index (κ1) is 20.9. The van der Waals surface area contributed by atoms with E-state index >= 15 is 0 Å². The van der Waals surface area contributed by atoms with Crippen molar-refractivity contribution in [2.45, 2.75) is 67.9 Å². The largest absolute Gasteiger partial charge is 0.365 e. The van der Waals surface area contributed by atoms with Crippen LogP contribution < -0.4 is 5.32 Å². The Labute approximate surface area is 172 Å². The summed E-state index contributed by atoms with van der Waals surface area (Å²) in [5.74, 6) is -0.264. The van der Waals surface area contributed by atoms with Gasteiger partial charge in [-0.2, -0.15) is 4.31 Å². The Morgan fingerprint density at radius 1 is 1.14 bits per heavy atom. The zero-order valence-electron chi connectivity index (χ0n) is 17.3. The number of likely N-dealkylation sites (N-methyl/N-ethyl adjacent to an activating group) is 1. The molecule has 4 rings (SSSR count). The second kappa shape index (κ2) is 7.70. The van der Waals surface area contributed by atoms with Gasteiger partial charge < -0.3 is 19.9 Å². The maximum absolute atomic E-state index is 13.1. The summed E-state index contributed by atoms with van der Waals surface area (Å²) in [6.45, 7) is 0.612. The van der Waals surface area contributed by atoms with Crippen LogP contribution in [0.5, 0.6) is 0 Å². The molecule has 164 valence electrons. The molecule has 0 aromatic rings. The van der Waals surface area contributed by atoms with E-state index in [1.165, 1.54) is 22.0 Å². The van der Waals surface area contributed by atoms with Gasteiger partial charge >= 0.3 is 6.03 Å². The minimum Gasteiger partial charge on any atom is -0.365 e. The van der Waals surface area contributed by atoms with E-state index in [2.05, 4.69) is 5.32 Å². The zero-order valence-corrected chi connectivity index (χ0v) is 18.1. The van der Waals surface area contributed by atoms with Crippen molar-refractivity contribution >= 4 is 22.0 Å². The van der Waals surface area contributed by atoms with E-state index in [-0.39, 0.29) is 43.7 Å². The van der Waals surface area contributed by atoms with Crippen LogP contribution in [0.1, 0.15) is 44.9 Å². The molecule has 0 aromatic carbocycles. The van der Waals surface area contributed by atoms with E-state index in [0.717, 1.165) is 25.7 Å². The van der Waals surface area contributed by atoms with Gasteiger partial charge in [0, 0.05) is 33.2 Å². The Hall–Kier alpha value is -1.39. The zero-order chi connectivity index (χ0) is 20.8. The van der Waals surface area contributed by atoms with E-state index in [9.17, 15) is 18.0 Å². The molecule has 1 spiro atoms. The summed E-state index contributed by atoms with van der Waals surface area (Å²) < 4.78 is 33.5. The van der Waals surface area contributed by atoms with Crippen molar-refractivity contribution in [1.82, 2.24) is 19.4 Å². The molecular weight excluding hydrogens is 396 g/mol. The fraction of sp³-hybridized carbons (Fsp3) is 0.895. The van der Waals surface area contributed by atoms with Crippen LogP contribution in [0.15, 0.2) is 0 Å². The van der Waals surface area contributed by atoms with Gasteiger partial charge in [0.15, 0.2) is 0 Å². The summed E-state index contributed by atoms with van der Waals surface area (Å²) in [5, 5.41) is 2.47. The molecule has 9 nitrogen and oxygen atoms in total. The highest BCUT2D eigenvalue weighted by Crippen LogP contribution is 2.46. The van der Waals surface area contributed by atoms with Crippen molar-refractivity contribution in [3.8, 4) is 0 Å². The number of hydrogen-bond acceptors (Lipinski definition) is 5. The highest BCUT2D eigenvalue weighted by molar-refractivity contribution is 7.90. The SMILES string of the molecule is CN(C)C(=O)CN1C[C@@]23CN(C(=O)NC4CCCCCC4)C[C@@H](C[C@@H]2S1(=O)=O)O3. The number of ether oxygens (including phenoxy) is 1. The summed E-state index contributed by atoms with van der Waals surface area (Å²) >= 11 is 0. The molecule has 3 saturated heterocycles. The van der Waals surface area contributed by atoms with E-state index in [1.807, 2.05) is 0 Å². The van der Waals surface area contributed by atoms with Crippen LogP contribution in [0.4, 0.5) is 4.79 Å². The minimum absolute atomic E-state index is 0.120. The number of nitrogens with one attached hydrogen (secondary N) is 1. The van der Waals surface area contributed by atoms with Gasteiger partial charge in [-0.15, -0.1) is 0 Å². The lowest BCUT2D eigenvalue weighted by Crippen LogP contribution is -2.59. The molecule has 1 saturated carbocycles. The quantitative estimate of drug-likeness (QED) is 0.655. The first-order chi connectivity index (χ1) is 13.7. The second-order valence-electron chi connectivity index (χ2n) is 9.15. The number of nitrogens with zero attached hydrogens (tertiary/aromatic N) is 3. The summed E-state index contributed by atoms with van der Waals surface area (Å²) in [4.78, 5) is 28.1. The van der Waals surface area contributed by atoms with E-state index < -0.39 is 20.9 Å². The normalized spacial score (nSPS) is 34.5. The molecular formula is C19H32N4O5S. The maximum atomic E-state index is 13.1. The van der Waals surface area contributed by atoms with Gasteiger partial charge in [-0.25, -0.2) is 13.2 Å². The lowest BCUT2D eigenvalue weighted by molar-refractivity contribution is -0.130. The fourth-order valence-corrected chi connectivity index (χ4v) is 7.48. The summed E-state index contributed by atoms with van der Waals surface area (Å²) in [6, 6.07) is 0.0748. The van der Waals surface area contributed by atoms with Gasteiger partial charge in [0.05, 0.1) is 19.2 Å². The van der Waals surface area contributed by atoms with Crippen LogP contribution in [0, 0.1) is 0 Å². The number of urea groups is 1. The molecule has 3 amide bonds. The molecule has 4 aliphatic rings. The number of hydrogen-bond donors (Lipinski definition) is 1. The summed E-state index contributed by atoms with van der Waals surface area (Å²) in [5.41, 5.74) is -0.935. The first-order valence-electron chi connectivity index (χ1n) is 10.6. The lowest BCUT2D eigenvalue weighted by Gasteiger charge is -2.40. The molecule has 3 aliphatic heterocycles. The average Bonchev–Trinajstić information content (AvgIpc) is 2.89. The van der Waals surface area contributed by atoms with Crippen molar-refractivity contribution in [3.05, 3.63) is 0 Å². The Bertz CT molecular complexity index is 765. The highest BCUT2D eigenvalue weighted by atomic mass is 32.2. The molecule has 0 aromatic heterocycles. The fourth-order valence-electron chi connectivity index (χ4n) is 5.23. The van der Waals surface area contributed by atoms with Gasteiger partial charge in [0.1, 0.15) is 10.9 Å². The Balaban J connectivity index is 1.46. The van der Waals surface area contributed by atoms with Crippen LogP contribution in [-0.4, -0.2) is 97.7 Å². The van der Waals surface area contributed by atoms with Gasteiger partial charge in [0.25, 0.3) is 0 Å². The Kier molecular flexibility index (Phi) is 5.54. The molecule has 3 atom stereocenters. The third-order valence-corrected chi connectivity index (χ3v) is 9.11. The first-order valence-corrected chi connectivity index (χ1v) is 12.1. The van der Waals surface area contributed by atoms with Crippen molar-refractivity contribution in [2.75, 3.05) is 40.3 Å². The van der Waals surface area contributed by atoms with E-state index in [0.29, 0.717) is 13.0 Å².